The highest BCUT2D eigenvalue weighted by Gasteiger charge is 2.26. The van der Waals surface area contributed by atoms with E-state index in [-0.39, 0.29) is 24.3 Å². The van der Waals surface area contributed by atoms with Crippen LogP contribution in [-0.2, 0) is 14.4 Å². The second kappa shape index (κ2) is 6.37. The lowest BCUT2D eigenvalue weighted by Crippen LogP contribution is -2.48. The van der Waals surface area contributed by atoms with E-state index in [2.05, 4.69) is 5.32 Å². The van der Waals surface area contributed by atoms with Crippen LogP contribution in [0, 0.1) is 5.92 Å². The predicted molar refractivity (Wildman–Crippen MR) is 64.8 cm³/mol. The van der Waals surface area contributed by atoms with Crippen LogP contribution in [0.4, 0.5) is 0 Å². The van der Waals surface area contributed by atoms with E-state index in [4.69, 9.17) is 5.11 Å². The Morgan fingerprint density at radius 1 is 1.33 bits per heavy atom. The number of rotatable bonds is 5. The van der Waals surface area contributed by atoms with Crippen LogP contribution in [0.25, 0.3) is 0 Å². The van der Waals surface area contributed by atoms with Crippen LogP contribution in [0.15, 0.2) is 0 Å². The highest BCUT2D eigenvalue weighted by Crippen LogP contribution is 2.24. The predicted octanol–water partition coefficient (Wildman–Crippen LogP) is 0.224. The summed E-state index contributed by atoms with van der Waals surface area (Å²) < 4.78 is 0. The average Bonchev–Trinajstić information content (AvgIpc) is 2.80. The third-order valence-corrected chi connectivity index (χ3v) is 3.20. The van der Waals surface area contributed by atoms with Gasteiger partial charge in [-0.3, -0.25) is 14.4 Å². The first-order chi connectivity index (χ1) is 8.41. The van der Waals surface area contributed by atoms with Gasteiger partial charge in [0.15, 0.2) is 0 Å². The second-order valence-corrected chi connectivity index (χ2v) is 4.80. The molecule has 0 saturated heterocycles. The summed E-state index contributed by atoms with van der Waals surface area (Å²) in [7, 11) is 1.41. The Bertz CT molecular complexity index is 337. The van der Waals surface area contributed by atoms with Gasteiger partial charge in [0, 0.05) is 13.0 Å². The van der Waals surface area contributed by atoms with Crippen molar-refractivity contribution in [3.05, 3.63) is 0 Å². The number of carboxylic acids is 1. The van der Waals surface area contributed by atoms with Crippen LogP contribution in [0.5, 0.6) is 0 Å². The minimum atomic E-state index is -1.07. The molecule has 6 heteroatoms. The molecule has 2 N–H and O–H groups in total. The van der Waals surface area contributed by atoms with Crippen LogP contribution in [0.2, 0.25) is 0 Å². The number of carbonyl (C=O) groups is 3. The highest BCUT2D eigenvalue weighted by molar-refractivity contribution is 5.89. The fourth-order valence-corrected chi connectivity index (χ4v) is 2.19. The molecule has 1 fully saturated rings. The Morgan fingerprint density at radius 3 is 2.39 bits per heavy atom. The van der Waals surface area contributed by atoms with Gasteiger partial charge in [-0.15, -0.1) is 0 Å². The quantitative estimate of drug-likeness (QED) is 0.737. The largest absolute Gasteiger partial charge is 0.480 e. The molecule has 1 aliphatic carbocycles. The van der Waals surface area contributed by atoms with Crippen molar-refractivity contribution in [2.45, 2.75) is 38.6 Å². The summed E-state index contributed by atoms with van der Waals surface area (Å²) in [4.78, 5) is 35.2. The molecule has 0 radical (unpaired) electrons. The van der Waals surface area contributed by atoms with E-state index in [1.807, 2.05) is 0 Å². The van der Waals surface area contributed by atoms with Gasteiger partial charge in [0.05, 0.1) is 0 Å². The minimum absolute atomic E-state index is 0.00466. The topological polar surface area (TPSA) is 86.7 Å². The van der Waals surface area contributed by atoms with Gasteiger partial charge in [0.25, 0.3) is 0 Å². The molecule has 102 valence electrons. The summed E-state index contributed by atoms with van der Waals surface area (Å²) in [6.07, 6.45) is 3.86. The zero-order valence-corrected chi connectivity index (χ0v) is 10.8. The molecule has 1 unspecified atom stereocenters. The maximum atomic E-state index is 11.8. The van der Waals surface area contributed by atoms with E-state index in [1.165, 1.54) is 7.05 Å². The van der Waals surface area contributed by atoms with Gasteiger partial charge in [-0.1, -0.05) is 12.8 Å². The monoisotopic (exact) mass is 256 g/mol. The number of nitrogens with zero attached hydrogens (tertiary/aromatic N) is 1. The first-order valence-corrected chi connectivity index (χ1v) is 6.19. The van der Waals surface area contributed by atoms with Crippen LogP contribution in [0.1, 0.15) is 32.6 Å². The molecular formula is C12H20N2O4. The van der Waals surface area contributed by atoms with Crippen LogP contribution < -0.4 is 5.32 Å². The SMILES string of the molecule is CC(NC(=O)C1CCCC1)C(=O)N(C)CC(=O)O. The zero-order valence-electron chi connectivity index (χ0n) is 10.8. The van der Waals surface area contributed by atoms with E-state index in [0.29, 0.717) is 0 Å². The number of likely N-dealkylation sites (N-methyl/N-ethyl adjacent to an activating group) is 1. The number of carboxylic acid groups (broad SMARTS) is 1. The molecular weight excluding hydrogens is 236 g/mol. The molecule has 0 aromatic carbocycles. The molecule has 0 spiro atoms. The molecule has 0 bridgehead atoms. The molecule has 2 amide bonds. The van der Waals surface area contributed by atoms with E-state index >= 15 is 0 Å². The lowest BCUT2D eigenvalue weighted by atomic mass is 10.1. The van der Waals surface area contributed by atoms with Gasteiger partial charge in [-0.05, 0) is 19.8 Å². The molecule has 1 atom stereocenters. The third kappa shape index (κ3) is 4.01. The van der Waals surface area contributed by atoms with Crippen molar-refractivity contribution < 1.29 is 19.5 Å². The van der Waals surface area contributed by atoms with E-state index < -0.39 is 12.0 Å². The first kappa shape index (κ1) is 14.5. The highest BCUT2D eigenvalue weighted by atomic mass is 16.4. The summed E-state index contributed by atoms with van der Waals surface area (Å²) in [6.45, 7) is 1.22. The standard InChI is InChI=1S/C12H20N2O4/c1-8(12(18)14(2)7-10(15)16)13-11(17)9-5-3-4-6-9/h8-9H,3-7H2,1-2H3,(H,13,17)(H,15,16). The Morgan fingerprint density at radius 2 is 1.89 bits per heavy atom. The van der Waals surface area contributed by atoms with E-state index in [0.717, 1.165) is 30.6 Å². The molecule has 18 heavy (non-hydrogen) atoms. The van der Waals surface area contributed by atoms with Crippen molar-refractivity contribution in [3.8, 4) is 0 Å². The molecule has 0 heterocycles. The molecule has 1 rings (SSSR count). The van der Waals surface area contributed by atoms with Crippen molar-refractivity contribution >= 4 is 17.8 Å². The summed E-state index contributed by atoms with van der Waals surface area (Å²) in [5, 5.41) is 11.2. The lowest BCUT2D eigenvalue weighted by Gasteiger charge is -2.21. The number of carbonyl (C=O) groups excluding carboxylic acids is 2. The van der Waals surface area contributed by atoms with Gasteiger partial charge in [-0.2, -0.15) is 0 Å². The Hall–Kier alpha value is -1.59. The molecule has 6 nitrogen and oxygen atoms in total. The number of nitrogens with one attached hydrogen (secondary N) is 1. The number of amides is 2. The average molecular weight is 256 g/mol. The summed E-state index contributed by atoms with van der Waals surface area (Å²) in [5.41, 5.74) is 0. The van der Waals surface area contributed by atoms with Gasteiger partial charge in [0.2, 0.25) is 11.8 Å². The first-order valence-electron chi connectivity index (χ1n) is 6.19. The Labute approximate surface area is 106 Å². The molecule has 1 aliphatic rings. The van der Waals surface area contributed by atoms with Crippen molar-refractivity contribution in [3.63, 3.8) is 0 Å². The Kier molecular flexibility index (Phi) is 5.12. The van der Waals surface area contributed by atoms with Crippen LogP contribution in [0.3, 0.4) is 0 Å². The summed E-state index contributed by atoms with van der Waals surface area (Å²) in [5.74, 6) is -1.55. The lowest BCUT2D eigenvalue weighted by molar-refractivity contribution is -0.144. The van der Waals surface area contributed by atoms with Crippen LogP contribution in [-0.4, -0.2) is 47.4 Å². The van der Waals surface area contributed by atoms with Crippen molar-refractivity contribution in [2.75, 3.05) is 13.6 Å². The number of hydrogen-bond donors (Lipinski definition) is 2. The smallest absolute Gasteiger partial charge is 0.323 e. The molecule has 0 aliphatic heterocycles. The van der Waals surface area contributed by atoms with Crippen molar-refractivity contribution in [2.24, 2.45) is 5.92 Å². The van der Waals surface area contributed by atoms with Gasteiger partial charge < -0.3 is 15.3 Å². The molecule has 0 aromatic rings. The summed E-state index contributed by atoms with van der Waals surface area (Å²) in [6, 6.07) is -0.678. The fraction of sp³-hybridized carbons (Fsp3) is 0.750. The van der Waals surface area contributed by atoms with E-state index in [9.17, 15) is 14.4 Å². The van der Waals surface area contributed by atoms with E-state index in [1.54, 1.807) is 6.92 Å². The van der Waals surface area contributed by atoms with Crippen LogP contribution >= 0.6 is 0 Å². The maximum Gasteiger partial charge on any atom is 0.323 e. The molecule has 0 aromatic heterocycles. The maximum absolute atomic E-state index is 11.8. The van der Waals surface area contributed by atoms with Gasteiger partial charge in [-0.25, -0.2) is 0 Å². The normalized spacial score (nSPS) is 17.2. The van der Waals surface area contributed by atoms with Gasteiger partial charge in [0.1, 0.15) is 12.6 Å². The Balaban J connectivity index is 2.43. The fourth-order valence-electron chi connectivity index (χ4n) is 2.19. The van der Waals surface area contributed by atoms with Gasteiger partial charge >= 0.3 is 5.97 Å². The summed E-state index contributed by atoms with van der Waals surface area (Å²) >= 11 is 0. The third-order valence-electron chi connectivity index (χ3n) is 3.20. The molecule has 1 saturated carbocycles. The van der Waals surface area contributed by atoms with Crippen molar-refractivity contribution in [1.82, 2.24) is 10.2 Å². The number of hydrogen-bond acceptors (Lipinski definition) is 3. The minimum Gasteiger partial charge on any atom is -0.480 e. The second-order valence-electron chi connectivity index (χ2n) is 4.80. The van der Waals surface area contributed by atoms with Crippen molar-refractivity contribution in [1.29, 1.82) is 0 Å². The number of aliphatic carboxylic acids is 1. The zero-order chi connectivity index (χ0) is 13.7.